The van der Waals surface area contributed by atoms with E-state index in [-0.39, 0.29) is 17.5 Å². The first-order valence-electron chi connectivity index (χ1n) is 7.88. The minimum atomic E-state index is -2.30. The zero-order valence-corrected chi connectivity index (χ0v) is 14.5. The van der Waals surface area contributed by atoms with Crippen LogP contribution >= 0.6 is 0 Å². The lowest BCUT2D eigenvalue weighted by atomic mass is 9.83. The van der Waals surface area contributed by atoms with E-state index in [9.17, 15) is 23.5 Å². The Morgan fingerprint density at radius 3 is 2.65 bits per heavy atom. The maximum absolute atomic E-state index is 11.9. The van der Waals surface area contributed by atoms with Gasteiger partial charge in [0.2, 0.25) is 5.91 Å². The molecule has 1 aliphatic carbocycles. The summed E-state index contributed by atoms with van der Waals surface area (Å²) in [7, 11) is 0. The van der Waals surface area contributed by atoms with Crippen molar-refractivity contribution in [2.75, 3.05) is 4.31 Å². The number of rotatable bonds is 5. The maximum atomic E-state index is 11.9. The van der Waals surface area contributed by atoms with Crippen LogP contribution in [-0.4, -0.2) is 36.8 Å². The van der Waals surface area contributed by atoms with Gasteiger partial charge in [-0.25, -0.2) is 9.00 Å². The van der Waals surface area contributed by atoms with Crippen molar-refractivity contribution in [2.24, 2.45) is 5.73 Å². The first-order valence-corrected chi connectivity index (χ1v) is 8.94. The van der Waals surface area contributed by atoms with E-state index < -0.39 is 29.2 Å². The number of fused-ring (bicyclic) bond motifs is 1. The highest BCUT2D eigenvalue weighted by Gasteiger charge is 2.32. The number of primary amides is 1. The van der Waals surface area contributed by atoms with Crippen molar-refractivity contribution in [3.8, 4) is 0 Å². The molecule has 9 heteroatoms. The van der Waals surface area contributed by atoms with Crippen LogP contribution in [0.4, 0.5) is 5.69 Å². The van der Waals surface area contributed by atoms with Crippen molar-refractivity contribution in [3.05, 3.63) is 58.9 Å². The Kier molecular flexibility index (Phi) is 5.01. The number of benzene rings is 1. The van der Waals surface area contributed by atoms with Crippen LogP contribution in [0.25, 0.3) is 0 Å². The minimum Gasteiger partial charge on any atom is -0.478 e. The van der Waals surface area contributed by atoms with E-state index in [1.807, 2.05) is 0 Å². The third-order valence-electron chi connectivity index (χ3n) is 4.47. The summed E-state index contributed by atoms with van der Waals surface area (Å²) in [6.07, 6.45) is 4.37. The van der Waals surface area contributed by atoms with Crippen molar-refractivity contribution >= 4 is 28.8 Å². The van der Waals surface area contributed by atoms with E-state index in [4.69, 9.17) is 5.73 Å². The van der Waals surface area contributed by atoms with Gasteiger partial charge < -0.3 is 10.8 Å². The smallest absolute Gasteiger partial charge is 0.336 e. The monoisotopic (exact) mass is 375 g/mol. The maximum Gasteiger partial charge on any atom is 0.336 e. The summed E-state index contributed by atoms with van der Waals surface area (Å²) in [4.78, 5) is 27.3. The molecule has 1 aliphatic rings. The molecule has 3 rings (SSSR count). The van der Waals surface area contributed by atoms with Gasteiger partial charge in [0.25, 0.3) is 11.3 Å². The number of aromatic nitrogens is 1. The van der Waals surface area contributed by atoms with E-state index in [0.29, 0.717) is 24.1 Å². The molecule has 0 saturated carbocycles. The molecule has 0 bridgehead atoms. The summed E-state index contributed by atoms with van der Waals surface area (Å²) < 4.78 is 23.0. The zero-order valence-electron chi connectivity index (χ0n) is 13.7. The molecule has 26 heavy (non-hydrogen) atoms. The quantitative estimate of drug-likeness (QED) is 0.676. The van der Waals surface area contributed by atoms with Crippen LogP contribution in [0.3, 0.4) is 0 Å². The van der Waals surface area contributed by atoms with Gasteiger partial charge in [-0.05, 0) is 48.6 Å². The molecule has 0 aliphatic heterocycles. The number of aryl methyl sites for hydroxylation is 1. The largest absolute Gasteiger partial charge is 0.478 e. The van der Waals surface area contributed by atoms with Gasteiger partial charge in [-0.15, -0.1) is 0 Å². The van der Waals surface area contributed by atoms with Gasteiger partial charge in [0.05, 0.1) is 23.0 Å². The molecule has 1 amide bonds. The number of hydrogen-bond donors (Lipinski definition) is 3. The highest BCUT2D eigenvalue weighted by molar-refractivity contribution is 7.80. The Morgan fingerprint density at radius 2 is 2.08 bits per heavy atom. The Balaban J connectivity index is 2.05. The third kappa shape index (κ3) is 3.31. The van der Waals surface area contributed by atoms with Gasteiger partial charge in [-0.1, -0.05) is 6.07 Å². The second-order valence-electron chi connectivity index (χ2n) is 5.96. The van der Waals surface area contributed by atoms with E-state index in [0.717, 1.165) is 5.56 Å². The van der Waals surface area contributed by atoms with E-state index in [2.05, 4.69) is 4.98 Å². The fourth-order valence-electron chi connectivity index (χ4n) is 3.39. The summed E-state index contributed by atoms with van der Waals surface area (Å²) in [6, 6.07) is 5.97. The first kappa shape index (κ1) is 18.0. The molecular formula is C17H17N3O5S. The predicted molar refractivity (Wildman–Crippen MR) is 95.2 cm³/mol. The number of nitrogens with zero attached hydrogens (tertiary/aromatic N) is 2. The highest BCUT2D eigenvalue weighted by atomic mass is 32.2. The van der Waals surface area contributed by atoms with Crippen LogP contribution in [0.15, 0.2) is 36.7 Å². The molecule has 2 aromatic rings. The average Bonchev–Trinajstić information content (AvgIpc) is 2.61. The lowest BCUT2D eigenvalue weighted by Crippen LogP contribution is -2.41. The molecule has 8 nitrogen and oxygen atoms in total. The Bertz CT molecular complexity index is 887. The van der Waals surface area contributed by atoms with Crippen molar-refractivity contribution < 1.29 is 23.5 Å². The summed E-state index contributed by atoms with van der Waals surface area (Å²) in [5, 5.41) is 9.34. The average molecular weight is 375 g/mol. The van der Waals surface area contributed by atoms with Crippen molar-refractivity contribution in [1.29, 1.82) is 0 Å². The van der Waals surface area contributed by atoms with E-state index >= 15 is 0 Å². The zero-order chi connectivity index (χ0) is 18.8. The molecular weight excluding hydrogens is 358 g/mol. The van der Waals surface area contributed by atoms with Crippen LogP contribution < -0.4 is 10.0 Å². The molecule has 0 spiro atoms. The normalized spacial score (nSPS) is 17.2. The molecule has 1 heterocycles. The van der Waals surface area contributed by atoms with Gasteiger partial charge >= 0.3 is 5.97 Å². The lowest BCUT2D eigenvalue weighted by molar-refractivity contribution is 0.0691. The van der Waals surface area contributed by atoms with Crippen molar-refractivity contribution in [1.82, 2.24) is 4.98 Å². The summed E-state index contributed by atoms with van der Waals surface area (Å²) >= 11 is -2.30. The molecule has 0 radical (unpaired) electrons. The summed E-state index contributed by atoms with van der Waals surface area (Å²) in [5.74, 6) is -2.06. The number of carboxylic acid groups (broad SMARTS) is 1. The SMILES string of the molecule is NC(=O)c1c(C(=O)O)ccc2c1CC(N(c1cccnc1)S(=O)O)CC2. The van der Waals surface area contributed by atoms with Gasteiger partial charge in [0.1, 0.15) is 0 Å². The number of carbonyl (C=O) groups is 2. The van der Waals surface area contributed by atoms with Gasteiger partial charge in [-0.2, -0.15) is 0 Å². The number of aromatic carboxylic acids is 1. The molecule has 2 unspecified atom stereocenters. The van der Waals surface area contributed by atoms with Gasteiger partial charge in [0.15, 0.2) is 0 Å². The lowest BCUT2D eigenvalue weighted by Gasteiger charge is -2.34. The number of nitrogens with two attached hydrogens (primary N) is 1. The number of carboxylic acids is 1. The Morgan fingerprint density at radius 1 is 1.31 bits per heavy atom. The fraction of sp³-hybridized carbons (Fsp3) is 0.235. The van der Waals surface area contributed by atoms with Crippen molar-refractivity contribution in [3.63, 3.8) is 0 Å². The molecule has 136 valence electrons. The number of pyridine rings is 1. The summed E-state index contributed by atoms with van der Waals surface area (Å²) in [5.41, 5.74) is 7.06. The Hall–Kier alpha value is -2.78. The Labute approximate surface area is 152 Å². The predicted octanol–water partition coefficient (Wildman–Crippen LogP) is 1.38. The van der Waals surface area contributed by atoms with E-state index in [1.54, 1.807) is 24.4 Å². The second kappa shape index (κ2) is 7.22. The molecule has 2 atom stereocenters. The molecule has 4 N–H and O–H groups in total. The van der Waals surface area contributed by atoms with Crippen molar-refractivity contribution in [2.45, 2.75) is 25.3 Å². The number of anilines is 1. The number of carbonyl (C=O) groups excluding carboxylic acids is 1. The van der Waals surface area contributed by atoms with Crippen LogP contribution in [0.5, 0.6) is 0 Å². The van der Waals surface area contributed by atoms with Crippen LogP contribution in [0, 0.1) is 0 Å². The third-order valence-corrected chi connectivity index (χ3v) is 5.32. The molecule has 0 saturated heterocycles. The first-order chi connectivity index (χ1) is 12.4. The molecule has 1 aromatic carbocycles. The van der Waals surface area contributed by atoms with Crippen LogP contribution in [0.2, 0.25) is 0 Å². The molecule has 1 aromatic heterocycles. The van der Waals surface area contributed by atoms with Crippen LogP contribution in [0.1, 0.15) is 38.3 Å². The fourth-order valence-corrected chi connectivity index (χ4v) is 4.11. The van der Waals surface area contributed by atoms with Crippen LogP contribution in [-0.2, 0) is 24.1 Å². The summed E-state index contributed by atoms with van der Waals surface area (Å²) in [6.45, 7) is 0. The van der Waals surface area contributed by atoms with E-state index in [1.165, 1.54) is 16.6 Å². The number of amides is 1. The topological polar surface area (TPSA) is 134 Å². The van der Waals surface area contributed by atoms with Gasteiger partial charge in [-0.3, -0.25) is 18.6 Å². The minimum absolute atomic E-state index is 0.0328. The van der Waals surface area contributed by atoms with Gasteiger partial charge in [0, 0.05) is 12.2 Å². The standard InChI is InChI=1S/C17H17N3O5S/c18-16(21)15-13(17(22)23)6-4-10-3-5-11(8-14(10)15)20(26(24)25)12-2-1-7-19-9-12/h1-2,4,6-7,9,11H,3,5,8H2,(H2,18,21)(H,22,23)(H,24,25). The number of hydrogen-bond acceptors (Lipinski definition) is 4. The molecule has 0 fully saturated rings. The highest BCUT2D eigenvalue weighted by Crippen LogP contribution is 2.32. The second-order valence-corrected chi connectivity index (χ2v) is 6.81.